The molecule has 1 aromatic rings. The van der Waals surface area contributed by atoms with E-state index in [0.29, 0.717) is 29.1 Å². The van der Waals surface area contributed by atoms with Gasteiger partial charge in [0.1, 0.15) is 62.5 Å². The molecule has 5 unspecified atom stereocenters. The average molecular weight is 1160 g/mol. The number of hydrogen-bond acceptors (Lipinski definition) is 24. The van der Waals surface area contributed by atoms with E-state index in [-0.39, 0.29) is 19.8 Å². The molecular weight excluding hydrogens is 1100 g/mol. The lowest BCUT2D eigenvalue weighted by Crippen LogP contribution is -2.43. The Bertz CT molecular complexity index is 1900. The molecule has 0 saturated carbocycles. The number of alkyl halides is 2. The van der Waals surface area contributed by atoms with Gasteiger partial charge in [-0.05, 0) is 66.9 Å². The van der Waals surface area contributed by atoms with E-state index < -0.39 is 146 Å². The number of esters is 9. The molecule has 0 saturated heterocycles. The summed E-state index contributed by atoms with van der Waals surface area (Å²) in [5.41, 5.74) is -5.20. The Labute approximate surface area is 432 Å². The number of benzene rings is 1. The minimum atomic E-state index is -1.99. The van der Waals surface area contributed by atoms with Gasteiger partial charge in [-0.3, -0.25) is 24.0 Å². The molecule has 7 atom stereocenters. The molecule has 0 aromatic heterocycles. The first-order chi connectivity index (χ1) is 33.7. The highest BCUT2D eigenvalue weighted by Crippen LogP contribution is 2.26. The summed E-state index contributed by atoms with van der Waals surface area (Å²) in [6.07, 6.45) is -7.91. The van der Waals surface area contributed by atoms with Crippen LogP contribution in [0.1, 0.15) is 80.7 Å². The Morgan fingerprint density at radius 1 is 0.431 bits per heavy atom. The van der Waals surface area contributed by atoms with Crippen LogP contribution in [0.2, 0.25) is 0 Å². The van der Waals surface area contributed by atoms with Crippen LogP contribution in [0.5, 0.6) is 0 Å². The Hall–Kier alpha value is -6.05. The van der Waals surface area contributed by atoms with E-state index in [4.69, 9.17) is 61.6 Å². The molecule has 24 nitrogen and oxygen atoms in total. The zero-order valence-corrected chi connectivity index (χ0v) is 44.6. The van der Waals surface area contributed by atoms with Gasteiger partial charge in [-0.2, -0.15) is 0 Å². The van der Waals surface area contributed by atoms with Gasteiger partial charge in [0.15, 0.2) is 24.4 Å². The summed E-state index contributed by atoms with van der Waals surface area (Å²) in [6.45, 7) is 5.21. The van der Waals surface area contributed by atoms with E-state index in [0.717, 1.165) is 27.7 Å². The molecule has 1 aromatic carbocycles. The maximum atomic E-state index is 13.6. The standard InChI is InChI=1S/C46H62Br2O24/c1-28(71-37(53)30(3)69-32(5)49)35(51)63-22-44(7,39(55)60-19-13-17-47)24-65-42(58)67-26-46(9,41(57)62-21-34-15-11-10-12-16-34)27-68-43(59)66-25-45(8,40(56)61-20-14-18-48)23-64-36(52)29(2)72-38(54)31(4)70-33(6)50/h10-12,15-16,28-31H,13-14,17-27H2,1-9H3/t28-,29?,30-,31?,44?,45?,46?/m0/s1. The second-order valence-corrected chi connectivity index (χ2v) is 18.2. The first-order valence-electron chi connectivity index (χ1n) is 22.1. The van der Waals surface area contributed by atoms with E-state index in [1.807, 2.05) is 0 Å². The number of carbonyl (C=O) groups is 11. The fourth-order valence-corrected chi connectivity index (χ4v) is 5.50. The van der Waals surface area contributed by atoms with Gasteiger partial charge in [-0.15, -0.1) is 0 Å². The molecule has 0 N–H and O–H groups in total. The van der Waals surface area contributed by atoms with Crippen LogP contribution >= 0.6 is 31.9 Å². The fraction of sp³-hybridized carbons (Fsp3) is 0.630. The summed E-state index contributed by atoms with van der Waals surface area (Å²) < 4.78 is 66.8. The quantitative estimate of drug-likeness (QED) is 0.0425. The second-order valence-electron chi connectivity index (χ2n) is 16.6. The Morgan fingerprint density at radius 3 is 1.06 bits per heavy atom. The fourth-order valence-electron chi connectivity index (χ4n) is 5.05. The first kappa shape index (κ1) is 64.0. The summed E-state index contributed by atoms with van der Waals surface area (Å²) in [6, 6.07) is 8.42. The topological polar surface area (TPSA) is 308 Å². The van der Waals surface area contributed by atoms with Crippen molar-refractivity contribution < 1.29 is 114 Å². The Balaban J connectivity index is 3.21. The van der Waals surface area contributed by atoms with Crippen LogP contribution in [-0.2, 0) is 111 Å². The molecule has 0 heterocycles. The molecular formula is C46H62Br2O24. The molecule has 0 spiro atoms. The third-order valence-electron chi connectivity index (χ3n) is 9.41. The molecule has 72 heavy (non-hydrogen) atoms. The van der Waals surface area contributed by atoms with Crippen LogP contribution < -0.4 is 0 Å². The van der Waals surface area contributed by atoms with E-state index in [9.17, 15) is 52.7 Å². The van der Waals surface area contributed by atoms with Crippen molar-refractivity contribution in [2.45, 2.75) is 106 Å². The number of ether oxygens (including phenoxy) is 13. The predicted molar refractivity (Wildman–Crippen MR) is 249 cm³/mol. The molecule has 0 fully saturated rings. The third-order valence-corrected chi connectivity index (χ3v) is 10.5. The molecule has 26 heteroatoms. The van der Waals surface area contributed by atoms with Gasteiger partial charge in [-0.25, -0.2) is 28.8 Å². The summed E-state index contributed by atoms with van der Waals surface area (Å²) in [5, 5.41) is 0.923. The summed E-state index contributed by atoms with van der Waals surface area (Å²) >= 11 is 6.42. The minimum Gasteiger partial charge on any atom is -0.465 e. The lowest BCUT2D eigenvalue weighted by Gasteiger charge is -2.29. The molecule has 0 amide bonds. The van der Waals surface area contributed by atoms with Gasteiger partial charge in [0.2, 0.25) is 0 Å². The lowest BCUT2D eigenvalue weighted by molar-refractivity contribution is -0.180. The molecule has 0 bridgehead atoms. The second kappa shape index (κ2) is 32.1. The van der Waals surface area contributed by atoms with E-state index in [1.165, 1.54) is 34.6 Å². The number of halogens is 2. The zero-order chi connectivity index (χ0) is 54.7. The lowest BCUT2D eigenvalue weighted by atomic mass is 9.93. The first-order valence-corrected chi connectivity index (χ1v) is 24.3. The average Bonchev–Trinajstić information content (AvgIpc) is 3.33. The molecule has 1 rings (SSSR count). The van der Waals surface area contributed by atoms with Crippen LogP contribution in [0.4, 0.5) is 9.59 Å². The van der Waals surface area contributed by atoms with E-state index >= 15 is 0 Å². The van der Waals surface area contributed by atoms with Crippen molar-refractivity contribution in [3.05, 3.63) is 35.9 Å². The van der Waals surface area contributed by atoms with Gasteiger partial charge in [0, 0.05) is 24.5 Å². The van der Waals surface area contributed by atoms with Gasteiger partial charge in [0.05, 0.1) is 13.2 Å². The normalized spacial score (nSPS) is 14.9. The maximum absolute atomic E-state index is 13.6. The maximum Gasteiger partial charge on any atom is 0.508 e. The summed E-state index contributed by atoms with van der Waals surface area (Å²) in [4.78, 5) is 139. The summed E-state index contributed by atoms with van der Waals surface area (Å²) in [5.74, 6) is -8.89. The van der Waals surface area contributed by atoms with Crippen LogP contribution in [0.15, 0.2) is 30.3 Å². The van der Waals surface area contributed by atoms with Gasteiger partial charge < -0.3 is 61.6 Å². The van der Waals surface area contributed by atoms with Crippen molar-refractivity contribution in [1.82, 2.24) is 0 Å². The van der Waals surface area contributed by atoms with E-state index in [1.54, 1.807) is 30.3 Å². The Kier molecular flexibility index (Phi) is 28.5. The van der Waals surface area contributed by atoms with Crippen LogP contribution in [-0.4, -0.2) is 154 Å². The predicted octanol–water partition coefficient (Wildman–Crippen LogP) is 4.56. The Morgan fingerprint density at radius 2 is 0.736 bits per heavy atom. The number of carbonyl (C=O) groups excluding carboxylic acids is 11. The highest BCUT2D eigenvalue weighted by Gasteiger charge is 2.43. The van der Waals surface area contributed by atoms with Crippen LogP contribution in [0, 0.1) is 16.2 Å². The van der Waals surface area contributed by atoms with Crippen molar-refractivity contribution in [2.75, 3.05) is 63.5 Å². The van der Waals surface area contributed by atoms with Crippen LogP contribution in [0.3, 0.4) is 0 Å². The van der Waals surface area contributed by atoms with Crippen molar-refractivity contribution in [3.63, 3.8) is 0 Å². The molecule has 0 aliphatic heterocycles. The van der Waals surface area contributed by atoms with Crippen molar-refractivity contribution >= 4 is 97.9 Å². The third kappa shape index (κ3) is 23.9. The van der Waals surface area contributed by atoms with Crippen molar-refractivity contribution in [1.29, 1.82) is 0 Å². The smallest absolute Gasteiger partial charge is 0.465 e. The molecule has 0 aliphatic rings. The minimum absolute atomic E-state index is 0.0845. The van der Waals surface area contributed by atoms with Crippen LogP contribution in [0.25, 0.3) is 0 Å². The summed E-state index contributed by atoms with van der Waals surface area (Å²) in [7, 11) is 0. The highest BCUT2D eigenvalue weighted by molar-refractivity contribution is 9.09. The zero-order valence-electron chi connectivity index (χ0n) is 41.4. The number of hydrogen-bond donors (Lipinski definition) is 0. The highest BCUT2D eigenvalue weighted by atomic mass is 79.9. The SMILES string of the molecule is CC(=O)OC(C)C(=O)OC(C)C(=O)OCC(C)(COC(=O)OCC(C)(COC(=O)OCC(C)(COC(=O)[C@H](C)OC(=O)[C@H](C)OC(C)=O)C(=O)OCCCBr)C(=O)OCc1ccccc1)C(=O)OCCCBr. The monoisotopic (exact) mass is 1160 g/mol. The van der Waals surface area contributed by atoms with Gasteiger partial charge >= 0.3 is 66.0 Å². The van der Waals surface area contributed by atoms with Crippen molar-refractivity contribution in [3.8, 4) is 0 Å². The largest absolute Gasteiger partial charge is 0.508 e. The number of rotatable bonds is 31. The molecule has 0 aliphatic carbocycles. The van der Waals surface area contributed by atoms with E-state index in [2.05, 4.69) is 31.9 Å². The molecule has 404 valence electrons. The van der Waals surface area contributed by atoms with Gasteiger partial charge in [-0.1, -0.05) is 62.2 Å². The van der Waals surface area contributed by atoms with Gasteiger partial charge in [0.25, 0.3) is 0 Å². The molecule has 0 radical (unpaired) electrons. The van der Waals surface area contributed by atoms with Crippen molar-refractivity contribution in [2.24, 2.45) is 16.2 Å².